The second kappa shape index (κ2) is 10.4. The van der Waals surface area contributed by atoms with Crippen molar-refractivity contribution in [1.82, 2.24) is 24.6 Å². The summed E-state index contributed by atoms with van der Waals surface area (Å²) in [6, 6.07) is 13.1. The number of nitrogens with zero attached hydrogens (tertiary/aromatic N) is 5. The number of piperidine rings is 1. The lowest BCUT2D eigenvalue weighted by atomic mass is 10.0. The number of ether oxygens (including phenoxy) is 1. The zero-order valence-corrected chi connectivity index (χ0v) is 21.7. The Balaban J connectivity index is 1.30. The predicted octanol–water partition coefficient (Wildman–Crippen LogP) is 3.99. The molecule has 40 heavy (non-hydrogen) atoms. The molecule has 6 rings (SSSR count). The van der Waals surface area contributed by atoms with E-state index in [0.717, 1.165) is 31.2 Å². The average molecular weight is 542 g/mol. The number of nitrogens with two attached hydrogens (primary N) is 2. The SMILES string of the molecule is NC(=O)C(=CC1CC1)C(=O)N1CCC[C@@H](n2nc(-c3ccc(Oc4ccccc4F)cc3)c3c(N)ncnc32)C1. The number of primary amides is 1. The Bertz CT molecular complexity index is 1630. The molecule has 10 nitrogen and oxygen atoms in total. The molecule has 0 unspecified atom stereocenters. The van der Waals surface area contributed by atoms with E-state index in [1.54, 1.807) is 46.0 Å². The van der Waals surface area contributed by atoms with E-state index >= 15 is 0 Å². The number of halogens is 1. The summed E-state index contributed by atoms with van der Waals surface area (Å²) in [5.41, 5.74) is 13.8. The number of rotatable bonds is 7. The monoisotopic (exact) mass is 541 g/mol. The van der Waals surface area contributed by atoms with Crippen LogP contribution in [0.4, 0.5) is 10.2 Å². The number of hydrogen-bond acceptors (Lipinski definition) is 7. The molecule has 2 amide bonds. The summed E-state index contributed by atoms with van der Waals surface area (Å²) in [4.78, 5) is 35.6. The summed E-state index contributed by atoms with van der Waals surface area (Å²) in [5.74, 6) is -0.377. The Morgan fingerprint density at radius 1 is 1.05 bits per heavy atom. The fourth-order valence-electron chi connectivity index (χ4n) is 5.05. The van der Waals surface area contributed by atoms with E-state index in [4.69, 9.17) is 21.3 Å². The number of amides is 2. The first-order valence-electron chi connectivity index (χ1n) is 13.2. The summed E-state index contributed by atoms with van der Waals surface area (Å²) in [6.07, 6.45) is 6.52. The fraction of sp³-hybridized carbons (Fsp3) is 0.276. The maximum absolute atomic E-state index is 14.0. The van der Waals surface area contributed by atoms with Crippen molar-refractivity contribution in [2.45, 2.75) is 31.7 Å². The zero-order valence-electron chi connectivity index (χ0n) is 21.7. The molecule has 1 atom stereocenters. The fourth-order valence-corrected chi connectivity index (χ4v) is 5.05. The lowest BCUT2D eigenvalue weighted by molar-refractivity contribution is -0.131. The molecule has 1 saturated carbocycles. The number of allylic oxidation sites excluding steroid dienone is 1. The molecule has 1 aliphatic carbocycles. The van der Waals surface area contributed by atoms with Gasteiger partial charge in [-0.05, 0) is 68.0 Å². The predicted molar refractivity (Wildman–Crippen MR) is 146 cm³/mol. The first-order valence-corrected chi connectivity index (χ1v) is 13.2. The van der Waals surface area contributed by atoms with Crippen molar-refractivity contribution in [3.05, 3.63) is 72.3 Å². The third-order valence-corrected chi connectivity index (χ3v) is 7.26. The molecule has 204 valence electrons. The number of carbonyl (C=O) groups excluding carboxylic acids is 2. The smallest absolute Gasteiger partial charge is 0.259 e. The van der Waals surface area contributed by atoms with Gasteiger partial charge in [-0.2, -0.15) is 5.10 Å². The van der Waals surface area contributed by atoms with E-state index in [0.29, 0.717) is 35.6 Å². The number of anilines is 1. The molecule has 2 aromatic carbocycles. The maximum atomic E-state index is 14.0. The van der Waals surface area contributed by atoms with E-state index < -0.39 is 11.7 Å². The van der Waals surface area contributed by atoms with Crippen molar-refractivity contribution in [3.8, 4) is 22.8 Å². The van der Waals surface area contributed by atoms with Crippen LogP contribution in [0.3, 0.4) is 0 Å². The van der Waals surface area contributed by atoms with Crippen LogP contribution in [0.2, 0.25) is 0 Å². The molecule has 4 aromatic rings. The van der Waals surface area contributed by atoms with Crippen molar-refractivity contribution in [1.29, 1.82) is 0 Å². The molecule has 2 fully saturated rings. The number of hydrogen-bond donors (Lipinski definition) is 2. The first kappa shape index (κ1) is 25.5. The van der Waals surface area contributed by atoms with E-state index in [1.165, 1.54) is 12.4 Å². The van der Waals surface area contributed by atoms with Gasteiger partial charge in [0.2, 0.25) is 0 Å². The molecular formula is C29H28FN7O3. The number of likely N-dealkylation sites (tertiary alicyclic amines) is 1. The maximum Gasteiger partial charge on any atom is 0.259 e. The van der Waals surface area contributed by atoms with Crippen LogP contribution in [-0.2, 0) is 9.59 Å². The lowest BCUT2D eigenvalue weighted by Gasteiger charge is -2.33. The van der Waals surface area contributed by atoms with E-state index in [9.17, 15) is 14.0 Å². The van der Waals surface area contributed by atoms with Gasteiger partial charge in [0.1, 0.15) is 29.2 Å². The van der Waals surface area contributed by atoms with Gasteiger partial charge in [0, 0.05) is 18.7 Å². The topological polar surface area (TPSA) is 142 Å². The summed E-state index contributed by atoms with van der Waals surface area (Å²) >= 11 is 0. The van der Waals surface area contributed by atoms with Crippen LogP contribution in [-0.4, -0.2) is 49.6 Å². The molecule has 0 radical (unpaired) electrons. The second-order valence-corrected chi connectivity index (χ2v) is 10.1. The molecule has 4 N–H and O–H groups in total. The number of fused-ring (bicyclic) bond motifs is 1. The van der Waals surface area contributed by atoms with E-state index in [-0.39, 0.29) is 35.0 Å². The van der Waals surface area contributed by atoms with Crippen molar-refractivity contribution in [2.24, 2.45) is 11.7 Å². The molecule has 0 spiro atoms. The standard InChI is InChI=1S/C29H28FN7O3/c30-22-5-1-2-6-23(22)40-20-11-9-18(10-12-20)25-24-26(31)33-16-34-28(24)37(35-25)19-4-3-13-36(15-19)29(39)21(27(32)38)14-17-7-8-17/h1-2,5-6,9-12,14,16-17,19H,3-4,7-8,13,15H2,(H2,32,38)(H2,31,33,34)/t19-/m1/s1. The second-order valence-electron chi connectivity index (χ2n) is 10.1. The molecule has 1 saturated heterocycles. The van der Waals surface area contributed by atoms with Gasteiger partial charge in [0.25, 0.3) is 11.8 Å². The molecule has 0 bridgehead atoms. The highest BCUT2D eigenvalue weighted by molar-refractivity contribution is 6.17. The van der Waals surface area contributed by atoms with E-state index in [2.05, 4.69) is 9.97 Å². The lowest BCUT2D eigenvalue weighted by Crippen LogP contribution is -2.43. The highest BCUT2D eigenvalue weighted by Crippen LogP contribution is 2.36. The number of nitrogen functional groups attached to an aromatic ring is 1. The van der Waals surface area contributed by atoms with Crippen LogP contribution in [0.15, 0.2) is 66.5 Å². The van der Waals surface area contributed by atoms with Crippen molar-refractivity contribution in [2.75, 3.05) is 18.8 Å². The number of benzene rings is 2. The zero-order chi connectivity index (χ0) is 27.8. The normalized spacial score (nSPS) is 17.7. The van der Waals surface area contributed by atoms with Gasteiger partial charge in [-0.1, -0.05) is 18.2 Å². The molecular weight excluding hydrogens is 513 g/mol. The van der Waals surface area contributed by atoms with Gasteiger partial charge >= 0.3 is 0 Å². The largest absolute Gasteiger partial charge is 0.454 e. The third kappa shape index (κ3) is 4.97. The minimum Gasteiger partial charge on any atom is -0.454 e. The molecule has 2 aliphatic rings. The van der Waals surface area contributed by atoms with Gasteiger partial charge in [-0.15, -0.1) is 0 Å². The van der Waals surface area contributed by atoms with Crippen LogP contribution in [0.1, 0.15) is 31.7 Å². The summed E-state index contributed by atoms with van der Waals surface area (Å²) in [6.45, 7) is 0.876. The highest BCUT2D eigenvalue weighted by Gasteiger charge is 2.32. The highest BCUT2D eigenvalue weighted by atomic mass is 19.1. The quantitative estimate of drug-likeness (QED) is 0.205. The minimum atomic E-state index is -0.700. The van der Waals surface area contributed by atoms with E-state index in [1.807, 2.05) is 12.1 Å². The van der Waals surface area contributed by atoms with Gasteiger partial charge in [0.05, 0.1) is 11.4 Å². The Kier molecular flexibility index (Phi) is 6.63. The van der Waals surface area contributed by atoms with Crippen molar-refractivity contribution in [3.63, 3.8) is 0 Å². The van der Waals surface area contributed by atoms with Gasteiger partial charge < -0.3 is 21.1 Å². The Hall–Kier alpha value is -4.80. The third-order valence-electron chi connectivity index (χ3n) is 7.26. The Morgan fingerprint density at radius 2 is 1.82 bits per heavy atom. The van der Waals surface area contributed by atoms with Gasteiger partial charge in [-0.3, -0.25) is 9.59 Å². The molecule has 11 heteroatoms. The Labute approximate surface area is 229 Å². The minimum absolute atomic E-state index is 0.0541. The van der Waals surface area contributed by atoms with Crippen LogP contribution in [0.5, 0.6) is 11.5 Å². The number of para-hydroxylation sites is 1. The summed E-state index contributed by atoms with van der Waals surface area (Å²) in [7, 11) is 0. The van der Waals surface area contributed by atoms with Crippen LogP contribution in [0.25, 0.3) is 22.3 Å². The number of aromatic nitrogens is 4. The van der Waals surface area contributed by atoms with Gasteiger partial charge in [-0.25, -0.2) is 19.0 Å². The molecule has 2 aromatic heterocycles. The van der Waals surface area contributed by atoms with Gasteiger partial charge in [0.15, 0.2) is 17.2 Å². The number of carbonyl (C=O) groups is 2. The first-order chi connectivity index (χ1) is 19.4. The van der Waals surface area contributed by atoms with Crippen LogP contribution in [0, 0.1) is 11.7 Å². The summed E-state index contributed by atoms with van der Waals surface area (Å²) in [5, 5.41) is 5.49. The molecule has 3 heterocycles. The van der Waals surface area contributed by atoms with Crippen molar-refractivity contribution < 1.29 is 18.7 Å². The van der Waals surface area contributed by atoms with Crippen LogP contribution < -0.4 is 16.2 Å². The Morgan fingerprint density at radius 3 is 2.55 bits per heavy atom. The molecule has 1 aliphatic heterocycles. The van der Waals surface area contributed by atoms with Crippen molar-refractivity contribution >= 4 is 28.7 Å². The van der Waals surface area contributed by atoms with Crippen LogP contribution >= 0.6 is 0 Å². The summed E-state index contributed by atoms with van der Waals surface area (Å²) < 4.78 is 21.5. The average Bonchev–Trinajstić information content (AvgIpc) is 3.70.